The maximum absolute atomic E-state index is 10.9. The second kappa shape index (κ2) is 4.65. The largest absolute Gasteiger partial charge is 0.427 e. The summed E-state index contributed by atoms with van der Waals surface area (Å²) in [4.78, 5) is 10.9. The molecule has 1 fully saturated rings. The summed E-state index contributed by atoms with van der Waals surface area (Å²) in [5.74, 6) is 0.352. The Bertz CT molecular complexity index is 381. The van der Waals surface area contributed by atoms with Gasteiger partial charge in [0.25, 0.3) is 0 Å². The molecule has 0 heterocycles. The molecule has 2 rings (SSSR count). The molecule has 0 saturated heterocycles. The molecule has 0 aromatic heterocycles. The van der Waals surface area contributed by atoms with Crippen LogP contribution in [0.15, 0.2) is 23.5 Å². The van der Waals surface area contributed by atoms with Crippen LogP contribution in [0.3, 0.4) is 0 Å². The summed E-state index contributed by atoms with van der Waals surface area (Å²) < 4.78 is 5.13. The first-order valence-corrected chi connectivity index (χ1v) is 6.30. The topological polar surface area (TPSA) is 46.5 Å². The third-order valence-corrected chi connectivity index (χ3v) is 3.95. The summed E-state index contributed by atoms with van der Waals surface area (Å²) >= 11 is 0. The summed E-state index contributed by atoms with van der Waals surface area (Å²) in [5, 5.41) is 10.2. The highest BCUT2D eigenvalue weighted by atomic mass is 16.5. The number of rotatable bonds is 1. The Labute approximate surface area is 102 Å². The number of carbonyl (C=O) groups is 1. The van der Waals surface area contributed by atoms with Crippen molar-refractivity contribution in [2.75, 3.05) is 0 Å². The van der Waals surface area contributed by atoms with Crippen molar-refractivity contribution >= 4 is 5.97 Å². The molecule has 94 valence electrons. The lowest BCUT2D eigenvalue weighted by Crippen LogP contribution is -2.34. The first-order valence-electron chi connectivity index (χ1n) is 6.30. The zero-order valence-corrected chi connectivity index (χ0v) is 10.5. The summed E-state index contributed by atoms with van der Waals surface area (Å²) in [6.45, 7) is 3.52. The SMILES string of the molecule is CC(=O)OC1=CC[C@]2(C)C(=C1)CCCC[C@@H]2O. The highest BCUT2D eigenvalue weighted by molar-refractivity contribution is 5.68. The van der Waals surface area contributed by atoms with Crippen molar-refractivity contribution in [1.29, 1.82) is 0 Å². The van der Waals surface area contributed by atoms with E-state index in [4.69, 9.17) is 4.74 Å². The molecule has 0 unspecified atom stereocenters. The monoisotopic (exact) mass is 236 g/mol. The Balaban J connectivity index is 2.24. The molecule has 2 atom stereocenters. The number of aliphatic hydroxyl groups excluding tert-OH is 1. The third-order valence-electron chi connectivity index (χ3n) is 3.95. The van der Waals surface area contributed by atoms with Gasteiger partial charge < -0.3 is 9.84 Å². The number of hydrogen-bond acceptors (Lipinski definition) is 3. The van der Waals surface area contributed by atoms with Crippen molar-refractivity contribution < 1.29 is 14.6 Å². The lowest BCUT2D eigenvalue weighted by atomic mass is 9.71. The van der Waals surface area contributed by atoms with Crippen molar-refractivity contribution in [3.8, 4) is 0 Å². The summed E-state index contributed by atoms with van der Waals surface area (Å²) in [6, 6.07) is 0. The number of aliphatic hydroxyl groups is 1. The normalized spacial score (nSPS) is 33.0. The van der Waals surface area contributed by atoms with Crippen LogP contribution in [0.4, 0.5) is 0 Å². The first kappa shape index (κ1) is 12.4. The molecule has 0 bridgehead atoms. The molecule has 17 heavy (non-hydrogen) atoms. The first-order chi connectivity index (χ1) is 8.02. The maximum atomic E-state index is 10.9. The number of carbonyl (C=O) groups excluding carboxylic acids is 1. The van der Waals surface area contributed by atoms with E-state index in [0.29, 0.717) is 5.76 Å². The predicted molar refractivity (Wildman–Crippen MR) is 65.1 cm³/mol. The average molecular weight is 236 g/mol. The van der Waals surface area contributed by atoms with Gasteiger partial charge >= 0.3 is 5.97 Å². The number of esters is 1. The number of hydrogen-bond donors (Lipinski definition) is 1. The van der Waals surface area contributed by atoms with Crippen LogP contribution in [0.5, 0.6) is 0 Å². The summed E-state index contributed by atoms with van der Waals surface area (Å²) in [7, 11) is 0. The molecule has 0 radical (unpaired) electrons. The van der Waals surface area contributed by atoms with Crippen molar-refractivity contribution in [2.24, 2.45) is 5.41 Å². The van der Waals surface area contributed by atoms with Gasteiger partial charge in [0.2, 0.25) is 0 Å². The van der Waals surface area contributed by atoms with Gasteiger partial charge in [0.1, 0.15) is 5.76 Å². The van der Waals surface area contributed by atoms with E-state index < -0.39 is 0 Å². The van der Waals surface area contributed by atoms with Gasteiger partial charge in [-0.05, 0) is 37.8 Å². The molecule has 1 saturated carbocycles. The number of ether oxygens (including phenoxy) is 1. The smallest absolute Gasteiger partial charge is 0.308 e. The van der Waals surface area contributed by atoms with Crippen LogP contribution in [0.1, 0.15) is 46.0 Å². The molecule has 0 amide bonds. The molecule has 0 aliphatic heterocycles. The maximum Gasteiger partial charge on any atom is 0.308 e. The van der Waals surface area contributed by atoms with Crippen LogP contribution in [-0.4, -0.2) is 17.2 Å². The minimum atomic E-state index is -0.286. The van der Waals surface area contributed by atoms with Crippen LogP contribution in [0, 0.1) is 5.41 Å². The van der Waals surface area contributed by atoms with E-state index in [1.54, 1.807) is 0 Å². The van der Waals surface area contributed by atoms with Crippen LogP contribution in [0.25, 0.3) is 0 Å². The highest BCUT2D eigenvalue weighted by Gasteiger charge is 2.39. The van der Waals surface area contributed by atoms with E-state index >= 15 is 0 Å². The van der Waals surface area contributed by atoms with Crippen LogP contribution < -0.4 is 0 Å². The van der Waals surface area contributed by atoms with E-state index in [1.165, 1.54) is 12.5 Å². The molecule has 3 heteroatoms. The van der Waals surface area contributed by atoms with Gasteiger partial charge in [0.15, 0.2) is 0 Å². The fraction of sp³-hybridized carbons (Fsp3) is 0.643. The van der Waals surface area contributed by atoms with E-state index in [-0.39, 0.29) is 17.5 Å². The van der Waals surface area contributed by atoms with Gasteiger partial charge in [0, 0.05) is 12.3 Å². The van der Waals surface area contributed by atoms with Gasteiger partial charge in [-0.1, -0.05) is 18.9 Å². The van der Waals surface area contributed by atoms with Crippen LogP contribution >= 0.6 is 0 Å². The average Bonchev–Trinajstić information content (AvgIpc) is 2.40. The zero-order valence-electron chi connectivity index (χ0n) is 10.5. The molecular weight excluding hydrogens is 216 g/mol. The standard InChI is InChI=1S/C14H20O3/c1-10(15)17-12-7-8-14(2)11(9-12)5-3-4-6-13(14)16/h7,9,13,16H,3-6,8H2,1-2H3/t13-,14+/m0/s1. The lowest BCUT2D eigenvalue weighted by molar-refractivity contribution is -0.136. The van der Waals surface area contributed by atoms with Gasteiger partial charge in [0.05, 0.1) is 6.10 Å². The number of fused-ring (bicyclic) bond motifs is 1. The Morgan fingerprint density at radius 1 is 1.53 bits per heavy atom. The minimum Gasteiger partial charge on any atom is -0.427 e. The Kier molecular flexibility index (Phi) is 3.38. The van der Waals surface area contributed by atoms with E-state index in [9.17, 15) is 9.90 Å². The Morgan fingerprint density at radius 3 is 3.00 bits per heavy atom. The van der Waals surface area contributed by atoms with Gasteiger partial charge in [-0.25, -0.2) is 0 Å². The van der Waals surface area contributed by atoms with Crippen LogP contribution in [-0.2, 0) is 9.53 Å². The highest BCUT2D eigenvalue weighted by Crippen LogP contribution is 2.45. The summed E-state index contributed by atoms with van der Waals surface area (Å²) in [5.41, 5.74) is 1.06. The molecule has 0 aromatic rings. The van der Waals surface area contributed by atoms with E-state index in [0.717, 1.165) is 32.1 Å². The third kappa shape index (κ3) is 2.44. The van der Waals surface area contributed by atoms with Crippen molar-refractivity contribution in [2.45, 2.75) is 52.1 Å². The molecule has 1 N–H and O–H groups in total. The fourth-order valence-electron chi connectivity index (χ4n) is 2.76. The summed E-state index contributed by atoms with van der Waals surface area (Å²) in [6.07, 6.45) is 8.35. The predicted octanol–water partition coefficient (Wildman–Crippen LogP) is 2.70. The lowest BCUT2D eigenvalue weighted by Gasteiger charge is -2.37. The number of allylic oxidation sites excluding steroid dienone is 2. The Hall–Kier alpha value is -1.09. The van der Waals surface area contributed by atoms with E-state index in [1.807, 2.05) is 12.2 Å². The quantitative estimate of drug-likeness (QED) is 0.712. The second-order valence-electron chi connectivity index (χ2n) is 5.25. The van der Waals surface area contributed by atoms with Crippen molar-refractivity contribution in [3.05, 3.63) is 23.5 Å². The van der Waals surface area contributed by atoms with Gasteiger partial charge in [-0.3, -0.25) is 4.79 Å². The minimum absolute atomic E-state index is 0.167. The van der Waals surface area contributed by atoms with Crippen LogP contribution in [0.2, 0.25) is 0 Å². The molecular formula is C14H20O3. The van der Waals surface area contributed by atoms with Gasteiger partial charge in [-0.2, -0.15) is 0 Å². The molecule has 3 nitrogen and oxygen atoms in total. The van der Waals surface area contributed by atoms with E-state index in [2.05, 4.69) is 6.92 Å². The van der Waals surface area contributed by atoms with Crippen molar-refractivity contribution in [1.82, 2.24) is 0 Å². The Morgan fingerprint density at radius 2 is 2.29 bits per heavy atom. The zero-order chi connectivity index (χ0) is 12.5. The fourth-order valence-corrected chi connectivity index (χ4v) is 2.76. The van der Waals surface area contributed by atoms with Crippen molar-refractivity contribution in [3.63, 3.8) is 0 Å². The molecule has 0 aromatic carbocycles. The molecule has 2 aliphatic carbocycles. The van der Waals surface area contributed by atoms with Gasteiger partial charge in [-0.15, -0.1) is 0 Å². The molecule has 0 spiro atoms. The molecule has 2 aliphatic rings. The second-order valence-corrected chi connectivity index (χ2v) is 5.25.